The molecule has 3 aromatic carbocycles. The number of halogens is 1. The van der Waals surface area contributed by atoms with Crippen molar-refractivity contribution in [3.05, 3.63) is 99.4 Å². The Bertz CT molecular complexity index is 1360. The highest BCUT2D eigenvalue weighted by Crippen LogP contribution is 2.42. The van der Waals surface area contributed by atoms with Crippen LogP contribution in [0.4, 0.5) is 5.69 Å². The van der Waals surface area contributed by atoms with Crippen LogP contribution in [0.1, 0.15) is 55.6 Å². The number of anilines is 1. The first-order valence-corrected chi connectivity index (χ1v) is 15.5. The van der Waals surface area contributed by atoms with Crippen molar-refractivity contribution < 1.29 is 9.59 Å². The Morgan fingerprint density at radius 3 is 2.37 bits per heavy atom. The van der Waals surface area contributed by atoms with Crippen LogP contribution in [-0.2, 0) is 11.3 Å². The lowest BCUT2D eigenvalue weighted by molar-refractivity contribution is -0.114. The normalized spacial score (nSPS) is 14.3. The molecule has 0 atom stereocenters. The number of nitrogens with zero attached hydrogens (tertiary/aromatic N) is 2. The van der Waals surface area contributed by atoms with Gasteiger partial charge in [-0.3, -0.25) is 9.59 Å². The van der Waals surface area contributed by atoms with Crippen molar-refractivity contribution in [2.75, 3.05) is 31.1 Å². The summed E-state index contributed by atoms with van der Waals surface area (Å²) in [5, 5.41) is 3.70. The number of carbonyl (C=O) groups excluding carboxylic acids is 2. The summed E-state index contributed by atoms with van der Waals surface area (Å²) in [6.07, 6.45) is 2.81. The highest BCUT2D eigenvalue weighted by molar-refractivity contribution is 8.04. The van der Waals surface area contributed by atoms with Crippen LogP contribution in [-0.4, -0.2) is 42.9 Å². The number of carbonyl (C=O) groups is 2. The molecule has 1 N–H and O–H groups in total. The summed E-state index contributed by atoms with van der Waals surface area (Å²) < 4.78 is 0. The Kier molecular flexibility index (Phi) is 11.1. The molecule has 1 heterocycles. The molecule has 1 aliphatic heterocycles. The van der Waals surface area contributed by atoms with Crippen LogP contribution in [0, 0.1) is 11.8 Å². The van der Waals surface area contributed by atoms with E-state index in [2.05, 4.69) is 37.9 Å². The average molecular weight is 590 g/mol. The number of amides is 2. The van der Waals surface area contributed by atoms with Crippen molar-refractivity contribution in [1.29, 1.82) is 0 Å². The molecular formula is C34H40ClN3O2S. The minimum absolute atomic E-state index is 0.0560. The molecule has 41 heavy (non-hydrogen) atoms. The minimum Gasteiger partial charge on any atom is -0.352 e. The third-order valence-electron chi connectivity index (χ3n) is 6.72. The number of hydrogen-bond acceptors (Lipinski definition) is 4. The monoisotopic (exact) mass is 589 g/mol. The van der Waals surface area contributed by atoms with Crippen molar-refractivity contribution in [3.8, 4) is 0 Å². The zero-order valence-electron chi connectivity index (χ0n) is 24.4. The summed E-state index contributed by atoms with van der Waals surface area (Å²) in [5.74, 6) is 1.12. The van der Waals surface area contributed by atoms with Gasteiger partial charge in [0.2, 0.25) is 0 Å². The molecule has 0 aliphatic carbocycles. The van der Waals surface area contributed by atoms with Gasteiger partial charge in [0, 0.05) is 35.1 Å². The quantitative estimate of drug-likeness (QED) is 0.173. The van der Waals surface area contributed by atoms with Gasteiger partial charge in [0.1, 0.15) is 0 Å². The van der Waals surface area contributed by atoms with E-state index in [1.54, 1.807) is 4.90 Å². The molecule has 0 saturated carbocycles. The zero-order chi connectivity index (χ0) is 29.4. The lowest BCUT2D eigenvalue weighted by atomic mass is 10.1. The third-order valence-corrected chi connectivity index (χ3v) is 8.03. The fourth-order valence-corrected chi connectivity index (χ4v) is 6.29. The second kappa shape index (κ2) is 14.7. The van der Waals surface area contributed by atoms with E-state index >= 15 is 0 Å². The van der Waals surface area contributed by atoms with Gasteiger partial charge < -0.3 is 15.1 Å². The molecule has 0 aromatic heterocycles. The Labute approximate surface area is 254 Å². The number of nitrogens with one attached hydrogen (secondary N) is 1. The van der Waals surface area contributed by atoms with Crippen molar-refractivity contribution in [2.45, 2.75) is 45.6 Å². The molecule has 0 unspecified atom stereocenters. The molecule has 5 nitrogen and oxygen atoms in total. The fraction of sp³-hybridized carbons (Fsp3) is 0.353. The van der Waals surface area contributed by atoms with Gasteiger partial charge in [-0.2, -0.15) is 0 Å². The maximum Gasteiger partial charge on any atom is 0.265 e. The first kappa shape index (κ1) is 30.9. The average Bonchev–Trinajstić information content (AvgIpc) is 2.93. The van der Waals surface area contributed by atoms with Gasteiger partial charge in [0.05, 0.1) is 17.1 Å². The Morgan fingerprint density at radius 2 is 1.68 bits per heavy atom. The first-order valence-electron chi connectivity index (χ1n) is 14.3. The molecule has 3 aromatic rings. The summed E-state index contributed by atoms with van der Waals surface area (Å²) in [6.45, 7) is 13.2. The van der Waals surface area contributed by atoms with Crippen LogP contribution in [0.25, 0.3) is 6.08 Å². The molecule has 2 amide bonds. The molecule has 0 bridgehead atoms. The van der Waals surface area contributed by atoms with Crippen LogP contribution >= 0.6 is 23.4 Å². The van der Waals surface area contributed by atoms with Gasteiger partial charge in [-0.25, -0.2) is 0 Å². The van der Waals surface area contributed by atoms with Crippen LogP contribution in [0.3, 0.4) is 0 Å². The lowest BCUT2D eigenvalue weighted by Gasteiger charge is -2.30. The fourth-order valence-electron chi connectivity index (χ4n) is 5.02. The highest BCUT2D eigenvalue weighted by Gasteiger charge is 2.29. The van der Waals surface area contributed by atoms with E-state index in [1.807, 2.05) is 78.9 Å². The number of fused-ring (bicyclic) bond motifs is 1. The van der Waals surface area contributed by atoms with E-state index in [-0.39, 0.29) is 11.8 Å². The first-order chi connectivity index (χ1) is 19.7. The lowest BCUT2D eigenvalue weighted by Crippen LogP contribution is -2.34. The molecule has 0 fully saturated rings. The molecule has 1 aliphatic rings. The molecule has 7 heteroatoms. The van der Waals surface area contributed by atoms with Crippen LogP contribution in [0.2, 0.25) is 5.02 Å². The SMILES string of the molecule is CC(C)CN(CCCNC(=O)c1ccc(/C=C2/Sc3ccccc3N(Cc3cccc(Cl)c3)C2=O)cc1)CC(C)C. The van der Waals surface area contributed by atoms with E-state index in [1.165, 1.54) is 11.8 Å². The molecule has 0 radical (unpaired) electrons. The van der Waals surface area contributed by atoms with E-state index in [9.17, 15) is 9.59 Å². The zero-order valence-corrected chi connectivity index (χ0v) is 26.0. The van der Waals surface area contributed by atoms with Gasteiger partial charge in [0.25, 0.3) is 11.8 Å². The molecule has 4 rings (SSSR count). The van der Waals surface area contributed by atoms with E-state index < -0.39 is 0 Å². The standard InChI is InChI=1S/C34H40ClN3O2S/c1-24(2)21-37(22-25(3)4)18-8-17-36-33(39)28-15-13-26(14-16-28)20-32-34(40)38(23-27-9-7-10-29(35)19-27)30-11-5-6-12-31(30)41-32/h5-7,9-16,19-20,24-25H,8,17-18,21-23H2,1-4H3,(H,36,39)/b32-20+. The maximum atomic E-state index is 13.6. The largest absolute Gasteiger partial charge is 0.352 e. The van der Waals surface area contributed by atoms with E-state index in [4.69, 9.17) is 11.6 Å². The summed E-state index contributed by atoms with van der Waals surface area (Å²) in [5.41, 5.74) is 3.35. The number of para-hydroxylation sites is 1. The predicted octanol–water partition coefficient (Wildman–Crippen LogP) is 7.75. The summed E-state index contributed by atoms with van der Waals surface area (Å²) >= 11 is 7.67. The third kappa shape index (κ3) is 8.96. The van der Waals surface area contributed by atoms with Crippen molar-refractivity contribution in [1.82, 2.24) is 10.2 Å². The highest BCUT2D eigenvalue weighted by atomic mass is 35.5. The summed E-state index contributed by atoms with van der Waals surface area (Å²) in [4.78, 5) is 32.3. The summed E-state index contributed by atoms with van der Waals surface area (Å²) in [7, 11) is 0. The van der Waals surface area contributed by atoms with Crippen LogP contribution < -0.4 is 10.2 Å². The van der Waals surface area contributed by atoms with Gasteiger partial charge >= 0.3 is 0 Å². The smallest absolute Gasteiger partial charge is 0.265 e. The second-order valence-corrected chi connectivity index (χ2v) is 12.9. The molecular weight excluding hydrogens is 550 g/mol. The molecule has 0 spiro atoms. The second-order valence-electron chi connectivity index (χ2n) is 11.4. The van der Waals surface area contributed by atoms with E-state index in [0.717, 1.165) is 47.8 Å². The number of benzene rings is 3. The number of hydrogen-bond donors (Lipinski definition) is 1. The van der Waals surface area contributed by atoms with Gasteiger partial charge in [-0.15, -0.1) is 0 Å². The topological polar surface area (TPSA) is 52.7 Å². The van der Waals surface area contributed by atoms with Crippen LogP contribution in [0.15, 0.2) is 82.6 Å². The predicted molar refractivity (Wildman–Crippen MR) is 172 cm³/mol. The Hall–Kier alpha value is -3.06. The van der Waals surface area contributed by atoms with Crippen molar-refractivity contribution in [2.24, 2.45) is 11.8 Å². The van der Waals surface area contributed by atoms with Crippen molar-refractivity contribution >= 4 is 46.9 Å². The minimum atomic E-state index is -0.0757. The van der Waals surface area contributed by atoms with E-state index in [0.29, 0.717) is 40.4 Å². The number of rotatable bonds is 12. The van der Waals surface area contributed by atoms with Gasteiger partial charge in [0.15, 0.2) is 0 Å². The maximum absolute atomic E-state index is 13.6. The number of thioether (sulfide) groups is 1. The molecule has 216 valence electrons. The Balaban J connectivity index is 1.39. The van der Waals surface area contributed by atoms with Crippen LogP contribution in [0.5, 0.6) is 0 Å². The van der Waals surface area contributed by atoms with Gasteiger partial charge in [-0.05, 0) is 78.4 Å². The molecule has 0 saturated heterocycles. The van der Waals surface area contributed by atoms with Crippen molar-refractivity contribution in [3.63, 3.8) is 0 Å². The van der Waals surface area contributed by atoms with Gasteiger partial charge in [-0.1, -0.05) is 87.5 Å². The Morgan fingerprint density at radius 1 is 0.976 bits per heavy atom. The summed E-state index contributed by atoms with van der Waals surface area (Å²) in [6, 6.07) is 23.0.